The summed E-state index contributed by atoms with van der Waals surface area (Å²) in [5.41, 5.74) is 13.1. The summed E-state index contributed by atoms with van der Waals surface area (Å²) >= 11 is 5.54. The lowest BCUT2D eigenvalue weighted by atomic mass is 9.94. The molecule has 0 aliphatic heterocycles. The molecule has 2 nitrogen and oxygen atoms in total. The van der Waals surface area contributed by atoms with E-state index in [0.29, 0.717) is 0 Å². The van der Waals surface area contributed by atoms with Gasteiger partial charge in [-0.15, -0.1) is 11.3 Å². The summed E-state index contributed by atoms with van der Waals surface area (Å²) in [7, 11) is 0. The van der Waals surface area contributed by atoms with Gasteiger partial charge in [-0.2, -0.15) is 0 Å². The molecule has 0 radical (unpaired) electrons. The van der Waals surface area contributed by atoms with Crippen LogP contribution in [-0.2, 0) is 0 Å². The third-order valence-electron chi connectivity index (χ3n) is 10.7. The molecule has 54 heavy (non-hydrogen) atoms. The Bertz CT molecular complexity index is 3050. The first-order chi connectivity index (χ1) is 26.7. The summed E-state index contributed by atoms with van der Waals surface area (Å²) in [5.74, 6) is 0. The maximum Gasteiger partial charge on any atom is 0.0547 e. The van der Waals surface area contributed by atoms with E-state index in [9.17, 15) is 0 Å². The lowest BCUT2D eigenvalue weighted by Crippen LogP contribution is -1.94. The Kier molecular flexibility index (Phi) is 7.22. The third-order valence-corrected chi connectivity index (χ3v) is 12.4. The van der Waals surface area contributed by atoms with Gasteiger partial charge in [-0.3, -0.25) is 0 Å². The molecule has 3 heterocycles. The van der Waals surface area contributed by atoms with Gasteiger partial charge in [0.1, 0.15) is 0 Å². The zero-order chi connectivity index (χ0) is 35.8. The Morgan fingerprint density at radius 2 is 0.833 bits per heavy atom. The van der Waals surface area contributed by atoms with Crippen LogP contribution < -0.4 is 0 Å². The van der Waals surface area contributed by atoms with Crippen LogP contribution in [0.15, 0.2) is 193 Å². The number of fused-ring (bicyclic) bond motifs is 7. The molecule has 0 spiro atoms. The molecule has 0 saturated heterocycles. The van der Waals surface area contributed by atoms with Crippen molar-refractivity contribution in [2.75, 3.05) is 0 Å². The average Bonchev–Trinajstić information content (AvgIpc) is 3.91. The Balaban J connectivity index is 1.16. The third kappa shape index (κ3) is 5.06. The molecule has 0 amide bonds. The highest BCUT2D eigenvalue weighted by Gasteiger charge is 2.17. The van der Waals surface area contributed by atoms with Gasteiger partial charge in [0, 0.05) is 47.0 Å². The quantitative estimate of drug-likeness (QED) is 0.165. The number of aromatic nitrogens is 2. The summed E-state index contributed by atoms with van der Waals surface area (Å²) in [6, 6.07) is 68.9. The minimum atomic E-state index is 1.10. The number of thiophene rings is 1. The molecule has 11 rings (SSSR count). The van der Waals surface area contributed by atoms with Crippen LogP contribution in [0.2, 0.25) is 0 Å². The number of nitrogens with zero attached hydrogens (tertiary/aromatic N) is 2. The molecule has 3 aromatic heterocycles. The van der Waals surface area contributed by atoms with Gasteiger partial charge in [-0.25, -0.2) is 0 Å². The molecule has 0 atom stereocenters. The number of rotatable bonds is 5. The Morgan fingerprint density at radius 3 is 1.39 bits per heavy atom. The lowest BCUT2D eigenvalue weighted by molar-refractivity contribution is 1.18. The van der Waals surface area contributed by atoms with Crippen molar-refractivity contribution in [1.82, 2.24) is 9.13 Å². The van der Waals surface area contributed by atoms with Gasteiger partial charge in [0.05, 0.1) is 22.1 Å². The predicted molar refractivity (Wildman–Crippen MR) is 235 cm³/mol. The minimum absolute atomic E-state index is 1.10. The summed E-state index contributed by atoms with van der Waals surface area (Å²) in [6.07, 6.45) is 0. The molecule has 8 aromatic carbocycles. The Labute approximate surface area is 324 Å². The summed E-state index contributed by atoms with van der Waals surface area (Å²) < 4.78 is 7.18. The molecule has 254 valence electrons. The zero-order valence-corrected chi connectivity index (χ0v) is 31.5. The molecule has 4 heteroatoms. The van der Waals surface area contributed by atoms with E-state index in [1.807, 2.05) is 11.3 Å². The molecule has 0 fully saturated rings. The van der Waals surface area contributed by atoms with Crippen LogP contribution in [0.4, 0.5) is 0 Å². The first-order valence-corrected chi connectivity index (χ1v) is 19.8. The largest absolute Gasteiger partial charge is 0.309 e. The second-order valence-electron chi connectivity index (χ2n) is 13.9. The first-order valence-electron chi connectivity index (χ1n) is 18.2. The lowest BCUT2D eigenvalue weighted by Gasteiger charge is -2.13. The SMILES string of the molecule is Brc1ccc2cc(-c3cc(-c4ccc5c6ccccc6n(-c6ccccc6)c5c4)cc(-c4ccc5c6ccccc6n(-c6ccccc6)c5c4)c3)sc2c1. The van der Waals surface area contributed by atoms with Crippen molar-refractivity contribution in [2.45, 2.75) is 0 Å². The summed E-state index contributed by atoms with van der Waals surface area (Å²) in [4.78, 5) is 1.25. The highest BCUT2D eigenvalue weighted by atomic mass is 79.9. The van der Waals surface area contributed by atoms with E-state index in [2.05, 4.69) is 213 Å². The number of para-hydroxylation sites is 4. The molecule has 0 aliphatic rings. The molecule has 0 aliphatic carbocycles. The molecule has 0 saturated carbocycles. The second-order valence-corrected chi connectivity index (χ2v) is 15.9. The van der Waals surface area contributed by atoms with Crippen molar-refractivity contribution >= 4 is 81.0 Å². The number of hydrogen-bond donors (Lipinski definition) is 0. The van der Waals surface area contributed by atoms with E-state index in [4.69, 9.17) is 0 Å². The van der Waals surface area contributed by atoms with Crippen LogP contribution in [0, 0.1) is 0 Å². The molecule has 0 unspecified atom stereocenters. The first kappa shape index (κ1) is 31.3. The van der Waals surface area contributed by atoms with Gasteiger partial charge >= 0.3 is 0 Å². The maximum atomic E-state index is 3.69. The van der Waals surface area contributed by atoms with Crippen molar-refractivity contribution in [3.63, 3.8) is 0 Å². The smallest absolute Gasteiger partial charge is 0.0547 e. The van der Waals surface area contributed by atoms with Crippen LogP contribution in [0.25, 0.3) is 97.8 Å². The van der Waals surface area contributed by atoms with Crippen LogP contribution in [0.3, 0.4) is 0 Å². The Morgan fingerprint density at radius 1 is 0.352 bits per heavy atom. The van der Waals surface area contributed by atoms with Gasteiger partial charge in [0.25, 0.3) is 0 Å². The van der Waals surface area contributed by atoms with Crippen molar-refractivity contribution < 1.29 is 0 Å². The molecular weight excluding hydrogens is 741 g/mol. The molecule has 0 bridgehead atoms. The maximum absolute atomic E-state index is 3.69. The van der Waals surface area contributed by atoms with E-state index in [1.54, 1.807) is 0 Å². The second kappa shape index (κ2) is 12.4. The molecule has 0 N–H and O–H groups in total. The van der Waals surface area contributed by atoms with Crippen LogP contribution in [0.5, 0.6) is 0 Å². The van der Waals surface area contributed by atoms with E-state index in [0.717, 1.165) is 15.8 Å². The highest BCUT2D eigenvalue weighted by molar-refractivity contribution is 9.10. The normalized spacial score (nSPS) is 11.8. The van der Waals surface area contributed by atoms with Gasteiger partial charge in [0.15, 0.2) is 0 Å². The Hall–Kier alpha value is -6.20. The predicted octanol–water partition coefficient (Wildman–Crippen LogP) is 14.9. The van der Waals surface area contributed by atoms with Crippen molar-refractivity contribution in [2.24, 2.45) is 0 Å². The van der Waals surface area contributed by atoms with Gasteiger partial charge < -0.3 is 9.13 Å². The minimum Gasteiger partial charge on any atom is -0.309 e. The molecule has 11 aromatic rings. The van der Waals surface area contributed by atoms with Crippen LogP contribution in [-0.4, -0.2) is 9.13 Å². The zero-order valence-electron chi connectivity index (χ0n) is 29.1. The average molecular weight is 772 g/mol. The van der Waals surface area contributed by atoms with Crippen LogP contribution in [0.1, 0.15) is 0 Å². The van der Waals surface area contributed by atoms with Crippen molar-refractivity contribution in [1.29, 1.82) is 0 Å². The van der Waals surface area contributed by atoms with E-state index >= 15 is 0 Å². The topological polar surface area (TPSA) is 9.86 Å². The van der Waals surface area contributed by atoms with Gasteiger partial charge in [0.2, 0.25) is 0 Å². The van der Waals surface area contributed by atoms with Crippen molar-refractivity contribution in [3.8, 4) is 44.1 Å². The van der Waals surface area contributed by atoms with E-state index in [-0.39, 0.29) is 0 Å². The fourth-order valence-corrected chi connectivity index (χ4v) is 9.86. The van der Waals surface area contributed by atoms with E-state index in [1.165, 1.54) is 86.4 Å². The summed E-state index contributed by atoms with van der Waals surface area (Å²) in [5, 5.41) is 6.28. The summed E-state index contributed by atoms with van der Waals surface area (Å²) in [6.45, 7) is 0. The fraction of sp³-hybridized carbons (Fsp3) is 0. The van der Waals surface area contributed by atoms with Gasteiger partial charge in [-0.1, -0.05) is 119 Å². The number of hydrogen-bond acceptors (Lipinski definition) is 1. The van der Waals surface area contributed by atoms with Crippen molar-refractivity contribution in [3.05, 3.63) is 193 Å². The monoisotopic (exact) mass is 770 g/mol. The molecular formula is C50H31BrN2S. The fourth-order valence-electron chi connectivity index (χ4n) is 8.26. The van der Waals surface area contributed by atoms with Gasteiger partial charge in [-0.05, 0) is 118 Å². The van der Waals surface area contributed by atoms with E-state index < -0.39 is 0 Å². The number of benzene rings is 8. The number of halogens is 1. The standard InChI is InChI=1S/C50H31BrN2S/c51-38-22-19-34-30-49(54-50(34)31-38)37-26-35(32-20-23-43-41-15-7-9-17-45(41)52(47(43)28-32)39-11-3-1-4-12-39)25-36(27-37)33-21-24-44-42-16-8-10-18-46(42)53(48(44)29-33)40-13-5-2-6-14-40/h1-31H. The van der Waals surface area contributed by atoms with Crippen LogP contribution >= 0.6 is 27.3 Å². The highest BCUT2D eigenvalue weighted by Crippen LogP contribution is 2.42.